The summed E-state index contributed by atoms with van der Waals surface area (Å²) >= 11 is 6.11. The highest BCUT2D eigenvalue weighted by atomic mass is 35.5. The fourth-order valence-corrected chi connectivity index (χ4v) is 1.78. The summed E-state index contributed by atoms with van der Waals surface area (Å²) in [6.07, 6.45) is 3.26. The maximum Gasteiger partial charge on any atom is 0.117 e. The van der Waals surface area contributed by atoms with Crippen LogP contribution in [0.5, 0.6) is 0 Å². The summed E-state index contributed by atoms with van der Waals surface area (Å²) in [6, 6.07) is 3.77. The largest absolute Gasteiger partial charge is 0.197 e. The van der Waals surface area contributed by atoms with Gasteiger partial charge in [-0.15, -0.1) is 0 Å². The molecule has 0 saturated carbocycles. The molecule has 0 fully saturated rings. The lowest BCUT2D eigenvalue weighted by Crippen LogP contribution is -1.88. The molecule has 14 heavy (non-hydrogen) atoms. The smallest absolute Gasteiger partial charge is 0.117 e. The van der Waals surface area contributed by atoms with Crippen LogP contribution in [0.1, 0.15) is 25.3 Å². The van der Waals surface area contributed by atoms with Crippen LogP contribution in [-0.2, 0) is 6.42 Å². The van der Waals surface area contributed by atoms with Gasteiger partial charge in [-0.05, 0) is 25.0 Å². The van der Waals surface area contributed by atoms with Crippen LogP contribution in [-0.4, -0.2) is 15.4 Å². The molecule has 0 spiro atoms. The number of H-pyrrole nitrogens is 1. The SMILES string of the molecule is CCCCc1c(Cl)ccc2n[nH]nc12. The van der Waals surface area contributed by atoms with Crippen molar-refractivity contribution in [3.63, 3.8) is 0 Å². The normalized spacial score (nSPS) is 11.0. The van der Waals surface area contributed by atoms with Gasteiger partial charge >= 0.3 is 0 Å². The van der Waals surface area contributed by atoms with E-state index in [0.29, 0.717) is 0 Å². The summed E-state index contributed by atoms with van der Waals surface area (Å²) in [5.74, 6) is 0. The molecule has 0 aliphatic rings. The van der Waals surface area contributed by atoms with Crippen molar-refractivity contribution >= 4 is 22.6 Å². The molecular formula is C10H12ClN3. The van der Waals surface area contributed by atoms with E-state index in [2.05, 4.69) is 22.3 Å². The van der Waals surface area contributed by atoms with Crippen molar-refractivity contribution in [1.29, 1.82) is 0 Å². The zero-order chi connectivity index (χ0) is 9.97. The van der Waals surface area contributed by atoms with E-state index in [4.69, 9.17) is 11.6 Å². The number of halogens is 1. The molecule has 0 amide bonds. The number of aryl methyl sites for hydroxylation is 1. The topological polar surface area (TPSA) is 41.6 Å². The average molecular weight is 210 g/mol. The maximum absolute atomic E-state index is 6.11. The van der Waals surface area contributed by atoms with E-state index in [1.807, 2.05) is 12.1 Å². The van der Waals surface area contributed by atoms with Crippen molar-refractivity contribution in [2.75, 3.05) is 0 Å². The second kappa shape index (κ2) is 3.96. The highest BCUT2D eigenvalue weighted by Gasteiger charge is 2.08. The summed E-state index contributed by atoms with van der Waals surface area (Å²) < 4.78 is 0. The molecule has 74 valence electrons. The van der Waals surface area contributed by atoms with Crippen LogP contribution in [0, 0.1) is 0 Å². The van der Waals surface area contributed by atoms with E-state index in [0.717, 1.165) is 40.9 Å². The van der Waals surface area contributed by atoms with Gasteiger partial charge in [-0.25, -0.2) is 0 Å². The Bertz CT molecular complexity index is 436. The van der Waals surface area contributed by atoms with Crippen molar-refractivity contribution in [2.24, 2.45) is 0 Å². The van der Waals surface area contributed by atoms with Gasteiger partial charge in [0.2, 0.25) is 0 Å². The van der Waals surface area contributed by atoms with Gasteiger partial charge in [0, 0.05) is 10.6 Å². The van der Waals surface area contributed by atoms with Gasteiger partial charge in [-0.1, -0.05) is 24.9 Å². The monoisotopic (exact) mass is 209 g/mol. The molecule has 0 radical (unpaired) electrons. The summed E-state index contributed by atoms with van der Waals surface area (Å²) in [6.45, 7) is 2.16. The molecule has 1 aromatic carbocycles. The van der Waals surface area contributed by atoms with Crippen LogP contribution < -0.4 is 0 Å². The van der Waals surface area contributed by atoms with E-state index in [-0.39, 0.29) is 0 Å². The fourth-order valence-electron chi connectivity index (χ4n) is 1.53. The van der Waals surface area contributed by atoms with Crippen molar-refractivity contribution in [3.05, 3.63) is 22.7 Å². The number of benzene rings is 1. The molecule has 0 unspecified atom stereocenters. The van der Waals surface area contributed by atoms with Crippen LogP contribution in [0.2, 0.25) is 5.02 Å². The number of hydrogen-bond acceptors (Lipinski definition) is 2. The lowest BCUT2D eigenvalue weighted by Gasteiger charge is -2.02. The second-order valence-electron chi connectivity index (χ2n) is 3.32. The van der Waals surface area contributed by atoms with Crippen LogP contribution in [0.4, 0.5) is 0 Å². The predicted molar refractivity (Wildman–Crippen MR) is 57.5 cm³/mol. The van der Waals surface area contributed by atoms with Gasteiger partial charge in [0.15, 0.2) is 0 Å². The highest BCUT2D eigenvalue weighted by molar-refractivity contribution is 6.32. The lowest BCUT2D eigenvalue weighted by molar-refractivity contribution is 0.797. The Morgan fingerprint density at radius 1 is 1.36 bits per heavy atom. The summed E-state index contributed by atoms with van der Waals surface area (Å²) in [5, 5.41) is 11.6. The van der Waals surface area contributed by atoms with Gasteiger partial charge in [-0.3, -0.25) is 0 Å². The molecule has 0 atom stereocenters. The molecule has 0 bridgehead atoms. The Morgan fingerprint density at radius 3 is 3.00 bits per heavy atom. The van der Waals surface area contributed by atoms with E-state index in [1.165, 1.54) is 0 Å². The van der Waals surface area contributed by atoms with E-state index < -0.39 is 0 Å². The highest BCUT2D eigenvalue weighted by Crippen LogP contribution is 2.24. The first-order valence-corrected chi connectivity index (χ1v) is 5.18. The van der Waals surface area contributed by atoms with Crippen LogP contribution >= 0.6 is 11.6 Å². The number of rotatable bonds is 3. The van der Waals surface area contributed by atoms with Crippen LogP contribution in [0.15, 0.2) is 12.1 Å². The second-order valence-corrected chi connectivity index (χ2v) is 3.73. The number of aromatic amines is 1. The van der Waals surface area contributed by atoms with Crippen molar-refractivity contribution in [2.45, 2.75) is 26.2 Å². The Hall–Kier alpha value is -1.09. The fraction of sp³-hybridized carbons (Fsp3) is 0.400. The first-order valence-electron chi connectivity index (χ1n) is 4.80. The average Bonchev–Trinajstić information content (AvgIpc) is 2.64. The lowest BCUT2D eigenvalue weighted by atomic mass is 10.1. The molecule has 1 N–H and O–H groups in total. The third-order valence-electron chi connectivity index (χ3n) is 2.32. The summed E-state index contributed by atoms with van der Waals surface area (Å²) in [5.41, 5.74) is 2.91. The number of fused-ring (bicyclic) bond motifs is 1. The molecule has 2 aromatic rings. The molecular weight excluding hydrogens is 198 g/mol. The van der Waals surface area contributed by atoms with Crippen molar-refractivity contribution < 1.29 is 0 Å². The third-order valence-corrected chi connectivity index (χ3v) is 2.67. The number of nitrogens with one attached hydrogen (secondary N) is 1. The van der Waals surface area contributed by atoms with E-state index in [1.54, 1.807) is 0 Å². The van der Waals surface area contributed by atoms with Gasteiger partial charge in [0.1, 0.15) is 11.0 Å². The van der Waals surface area contributed by atoms with E-state index in [9.17, 15) is 0 Å². The minimum absolute atomic E-state index is 0.792. The Morgan fingerprint density at radius 2 is 2.21 bits per heavy atom. The number of hydrogen-bond donors (Lipinski definition) is 1. The number of nitrogens with zero attached hydrogens (tertiary/aromatic N) is 2. The Kier molecular flexibility index (Phi) is 2.68. The molecule has 2 rings (SSSR count). The molecule has 0 saturated heterocycles. The zero-order valence-corrected chi connectivity index (χ0v) is 8.80. The first kappa shape index (κ1) is 9.46. The van der Waals surface area contributed by atoms with Crippen molar-refractivity contribution in [1.82, 2.24) is 15.4 Å². The van der Waals surface area contributed by atoms with Crippen molar-refractivity contribution in [3.8, 4) is 0 Å². The zero-order valence-electron chi connectivity index (χ0n) is 8.05. The maximum atomic E-state index is 6.11. The molecule has 1 aromatic heterocycles. The third kappa shape index (κ3) is 1.60. The van der Waals surface area contributed by atoms with Gasteiger partial charge in [-0.2, -0.15) is 15.4 Å². The number of aromatic nitrogens is 3. The Labute approximate surface area is 87.5 Å². The van der Waals surface area contributed by atoms with Gasteiger partial charge in [0.05, 0.1) is 0 Å². The molecule has 4 heteroatoms. The summed E-state index contributed by atoms with van der Waals surface area (Å²) in [4.78, 5) is 0. The molecule has 0 aliphatic carbocycles. The minimum atomic E-state index is 0.792. The summed E-state index contributed by atoms with van der Waals surface area (Å²) in [7, 11) is 0. The van der Waals surface area contributed by atoms with Gasteiger partial charge < -0.3 is 0 Å². The van der Waals surface area contributed by atoms with Gasteiger partial charge in [0.25, 0.3) is 0 Å². The van der Waals surface area contributed by atoms with Crippen LogP contribution in [0.3, 0.4) is 0 Å². The van der Waals surface area contributed by atoms with Crippen LogP contribution in [0.25, 0.3) is 11.0 Å². The minimum Gasteiger partial charge on any atom is -0.197 e. The van der Waals surface area contributed by atoms with E-state index >= 15 is 0 Å². The quantitative estimate of drug-likeness (QED) is 0.845. The Balaban J connectivity index is 2.47. The molecule has 1 heterocycles. The first-order chi connectivity index (χ1) is 6.83. The number of unbranched alkanes of at least 4 members (excludes halogenated alkanes) is 1. The molecule has 3 nitrogen and oxygen atoms in total. The standard InChI is InChI=1S/C10H12ClN3/c1-2-3-4-7-8(11)5-6-9-10(7)13-14-12-9/h5-6H,2-4H2,1H3,(H,12,13,14). The predicted octanol–water partition coefficient (Wildman–Crippen LogP) is 2.95. The molecule has 0 aliphatic heterocycles.